The number of aliphatic hydroxyl groups is 2. The highest BCUT2D eigenvalue weighted by molar-refractivity contribution is 5.31. The molecule has 0 saturated heterocycles. The summed E-state index contributed by atoms with van der Waals surface area (Å²) >= 11 is 0. The fourth-order valence-electron chi connectivity index (χ4n) is 2.64. The van der Waals surface area contributed by atoms with Crippen molar-refractivity contribution in [3.63, 3.8) is 0 Å². The molecule has 0 radical (unpaired) electrons. The minimum Gasteiger partial charge on any atom is -0.491 e. The van der Waals surface area contributed by atoms with Crippen LogP contribution >= 0.6 is 0 Å². The van der Waals surface area contributed by atoms with Gasteiger partial charge in [-0.05, 0) is 31.4 Å². The molecule has 1 aromatic rings. The summed E-state index contributed by atoms with van der Waals surface area (Å²) in [4.78, 5) is 0. The number of rotatable bonds is 7. The Hall–Kier alpha value is -1.10. The van der Waals surface area contributed by atoms with Crippen molar-refractivity contribution < 1.29 is 14.9 Å². The standard InChI is InChI=1S/C16H25NO3/c1-13-6-2-3-7-15(13)20-11-14(18)10-17-12-16(19)8-4-5-9-16/h2-3,6-7,14,17-19H,4-5,8-12H2,1H3. The molecule has 0 amide bonds. The summed E-state index contributed by atoms with van der Waals surface area (Å²) < 4.78 is 5.59. The number of aryl methyl sites for hydroxylation is 1. The number of benzene rings is 1. The molecule has 1 aliphatic carbocycles. The van der Waals surface area contributed by atoms with Crippen molar-refractivity contribution in [1.82, 2.24) is 5.32 Å². The average Bonchev–Trinajstić information content (AvgIpc) is 2.85. The van der Waals surface area contributed by atoms with E-state index >= 15 is 0 Å². The van der Waals surface area contributed by atoms with Gasteiger partial charge in [-0.15, -0.1) is 0 Å². The maximum absolute atomic E-state index is 10.2. The van der Waals surface area contributed by atoms with Crippen LogP contribution in [0.1, 0.15) is 31.2 Å². The number of nitrogens with one attached hydrogen (secondary N) is 1. The molecule has 112 valence electrons. The number of hydrogen-bond acceptors (Lipinski definition) is 4. The lowest BCUT2D eigenvalue weighted by Gasteiger charge is -2.23. The first-order valence-corrected chi connectivity index (χ1v) is 7.39. The molecule has 1 unspecified atom stereocenters. The lowest BCUT2D eigenvalue weighted by Crippen LogP contribution is -2.42. The molecule has 0 aliphatic heterocycles. The zero-order valence-electron chi connectivity index (χ0n) is 12.1. The Morgan fingerprint density at radius 3 is 2.70 bits per heavy atom. The highest BCUT2D eigenvalue weighted by Gasteiger charge is 2.30. The van der Waals surface area contributed by atoms with E-state index in [9.17, 15) is 10.2 Å². The minimum atomic E-state index is -0.573. The van der Waals surface area contributed by atoms with E-state index in [-0.39, 0.29) is 6.61 Å². The molecule has 0 bridgehead atoms. The lowest BCUT2D eigenvalue weighted by molar-refractivity contribution is 0.0406. The number of hydrogen-bond donors (Lipinski definition) is 3. The Kier molecular flexibility index (Phi) is 5.40. The maximum Gasteiger partial charge on any atom is 0.122 e. The average molecular weight is 279 g/mol. The molecule has 2 rings (SSSR count). The highest BCUT2D eigenvalue weighted by atomic mass is 16.5. The van der Waals surface area contributed by atoms with Gasteiger partial charge in [-0.25, -0.2) is 0 Å². The SMILES string of the molecule is Cc1ccccc1OCC(O)CNCC1(O)CCCC1. The third kappa shape index (κ3) is 4.47. The van der Waals surface area contributed by atoms with E-state index in [0.29, 0.717) is 13.1 Å². The van der Waals surface area contributed by atoms with Crippen LogP contribution < -0.4 is 10.1 Å². The van der Waals surface area contributed by atoms with Gasteiger partial charge in [0.15, 0.2) is 0 Å². The topological polar surface area (TPSA) is 61.7 Å². The largest absolute Gasteiger partial charge is 0.491 e. The Balaban J connectivity index is 1.65. The number of para-hydroxylation sites is 1. The van der Waals surface area contributed by atoms with Crippen molar-refractivity contribution in [3.05, 3.63) is 29.8 Å². The molecule has 20 heavy (non-hydrogen) atoms. The first-order valence-electron chi connectivity index (χ1n) is 7.39. The molecule has 0 heterocycles. The highest BCUT2D eigenvalue weighted by Crippen LogP contribution is 2.28. The predicted molar refractivity (Wildman–Crippen MR) is 79.0 cm³/mol. The first kappa shape index (κ1) is 15.3. The normalized spacial score (nSPS) is 18.9. The summed E-state index contributed by atoms with van der Waals surface area (Å²) in [6.45, 7) is 3.23. The van der Waals surface area contributed by atoms with Crippen molar-refractivity contribution >= 4 is 0 Å². The molecule has 0 spiro atoms. The second-order valence-electron chi connectivity index (χ2n) is 5.79. The molecule has 1 atom stereocenters. The van der Waals surface area contributed by atoms with Crippen molar-refractivity contribution in [2.75, 3.05) is 19.7 Å². The molecule has 1 fully saturated rings. The molecule has 4 heteroatoms. The third-order valence-corrected chi connectivity index (χ3v) is 3.89. The van der Waals surface area contributed by atoms with E-state index in [1.54, 1.807) is 0 Å². The van der Waals surface area contributed by atoms with Crippen LogP contribution in [0.15, 0.2) is 24.3 Å². The smallest absolute Gasteiger partial charge is 0.122 e. The van der Waals surface area contributed by atoms with Gasteiger partial charge in [0.1, 0.15) is 18.5 Å². The lowest BCUT2D eigenvalue weighted by atomic mass is 10.0. The molecule has 1 saturated carbocycles. The minimum absolute atomic E-state index is 0.260. The molecule has 0 aromatic heterocycles. The van der Waals surface area contributed by atoms with E-state index in [0.717, 1.165) is 37.0 Å². The molecule has 1 aromatic carbocycles. The van der Waals surface area contributed by atoms with Gasteiger partial charge in [-0.3, -0.25) is 0 Å². The van der Waals surface area contributed by atoms with Crippen molar-refractivity contribution in [2.24, 2.45) is 0 Å². The Morgan fingerprint density at radius 2 is 2.00 bits per heavy atom. The molecule has 3 N–H and O–H groups in total. The fraction of sp³-hybridized carbons (Fsp3) is 0.625. The van der Waals surface area contributed by atoms with E-state index in [1.165, 1.54) is 0 Å². The van der Waals surface area contributed by atoms with Crippen LogP contribution in [0.3, 0.4) is 0 Å². The van der Waals surface area contributed by atoms with E-state index in [1.807, 2.05) is 31.2 Å². The van der Waals surface area contributed by atoms with Crippen molar-refractivity contribution in [3.8, 4) is 5.75 Å². The van der Waals surface area contributed by atoms with Crippen LogP contribution in [0.25, 0.3) is 0 Å². The van der Waals surface area contributed by atoms with Crippen LogP contribution in [0, 0.1) is 6.92 Å². The molecule has 4 nitrogen and oxygen atoms in total. The quantitative estimate of drug-likeness (QED) is 0.710. The van der Waals surface area contributed by atoms with Crippen molar-refractivity contribution in [1.29, 1.82) is 0 Å². The van der Waals surface area contributed by atoms with Crippen LogP contribution in [0.2, 0.25) is 0 Å². The van der Waals surface area contributed by atoms with E-state index in [2.05, 4.69) is 5.32 Å². The van der Waals surface area contributed by atoms with Gasteiger partial charge >= 0.3 is 0 Å². The predicted octanol–water partition coefficient (Wildman–Crippen LogP) is 1.63. The van der Waals surface area contributed by atoms with Crippen LogP contribution in [0.5, 0.6) is 5.75 Å². The summed E-state index contributed by atoms with van der Waals surface area (Å²) in [6, 6.07) is 7.76. The van der Waals surface area contributed by atoms with Gasteiger partial charge in [0.25, 0.3) is 0 Å². The number of ether oxygens (including phenoxy) is 1. The first-order chi connectivity index (χ1) is 9.59. The van der Waals surface area contributed by atoms with Gasteiger partial charge in [-0.2, -0.15) is 0 Å². The molecular formula is C16H25NO3. The number of aliphatic hydroxyl groups excluding tert-OH is 1. The summed E-state index contributed by atoms with van der Waals surface area (Å²) in [5.41, 5.74) is 0.490. The van der Waals surface area contributed by atoms with Gasteiger partial charge in [0.05, 0.1) is 5.60 Å². The Morgan fingerprint density at radius 1 is 1.30 bits per heavy atom. The van der Waals surface area contributed by atoms with Gasteiger partial charge < -0.3 is 20.3 Å². The summed E-state index contributed by atoms with van der Waals surface area (Å²) in [6.07, 6.45) is 3.33. The fourth-order valence-corrected chi connectivity index (χ4v) is 2.64. The van der Waals surface area contributed by atoms with Crippen LogP contribution in [0.4, 0.5) is 0 Å². The molecular weight excluding hydrogens is 254 g/mol. The third-order valence-electron chi connectivity index (χ3n) is 3.89. The van der Waals surface area contributed by atoms with Gasteiger partial charge in [-0.1, -0.05) is 31.0 Å². The Labute approximate surface area is 120 Å². The second kappa shape index (κ2) is 7.07. The molecule has 1 aliphatic rings. The van der Waals surface area contributed by atoms with E-state index in [4.69, 9.17) is 4.74 Å². The van der Waals surface area contributed by atoms with Crippen LogP contribution in [-0.2, 0) is 0 Å². The van der Waals surface area contributed by atoms with Gasteiger partial charge in [0.2, 0.25) is 0 Å². The van der Waals surface area contributed by atoms with Crippen molar-refractivity contribution in [2.45, 2.75) is 44.3 Å². The van der Waals surface area contributed by atoms with Gasteiger partial charge in [0, 0.05) is 13.1 Å². The zero-order chi connectivity index (χ0) is 14.4. The Bertz CT molecular complexity index is 416. The summed E-state index contributed by atoms with van der Waals surface area (Å²) in [7, 11) is 0. The van der Waals surface area contributed by atoms with Crippen LogP contribution in [-0.4, -0.2) is 41.6 Å². The summed E-state index contributed by atoms with van der Waals surface area (Å²) in [5.74, 6) is 0.806. The second-order valence-corrected chi connectivity index (χ2v) is 5.79. The maximum atomic E-state index is 10.2. The monoisotopic (exact) mass is 279 g/mol. The van der Waals surface area contributed by atoms with E-state index < -0.39 is 11.7 Å². The zero-order valence-corrected chi connectivity index (χ0v) is 12.1. The summed E-state index contributed by atoms with van der Waals surface area (Å²) in [5, 5.41) is 23.2.